The maximum absolute atomic E-state index is 12.5. The molecule has 0 radical (unpaired) electrons. The maximum Gasteiger partial charge on any atom is 0.251 e. The van der Waals surface area contributed by atoms with E-state index in [1.54, 1.807) is 54.6 Å². The molecule has 0 atom stereocenters. The van der Waals surface area contributed by atoms with Gasteiger partial charge in [0.05, 0.1) is 21.3 Å². The smallest absolute Gasteiger partial charge is 0.251 e. The molecule has 3 rings (SSSR count). The molecule has 1 amide bonds. The van der Waals surface area contributed by atoms with E-state index in [1.807, 2.05) is 0 Å². The first-order valence-electron chi connectivity index (χ1n) is 9.21. The maximum atomic E-state index is 12.5. The molecule has 8 heteroatoms. The van der Waals surface area contributed by atoms with Crippen molar-refractivity contribution in [3.05, 3.63) is 96.1 Å². The summed E-state index contributed by atoms with van der Waals surface area (Å²) in [6.07, 6.45) is 0. The molecule has 1 N–H and O–H groups in total. The lowest BCUT2D eigenvalue weighted by Crippen LogP contribution is -2.29. The lowest BCUT2D eigenvalue weighted by Gasteiger charge is -2.09. The predicted octanol–water partition coefficient (Wildman–Crippen LogP) is 2.86. The van der Waals surface area contributed by atoms with Crippen LogP contribution in [0.4, 0.5) is 0 Å². The highest BCUT2D eigenvalue weighted by atomic mass is 32.2. The van der Waals surface area contributed by atoms with Gasteiger partial charge in [-0.3, -0.25) is 4.79 Å². The van der Waals surface area contributed by atoms with Gasteiger partial charge in [-0.2, -0.15) is 0 Å². The number of carbonyl (C=O) groups excluding carboxylic acids is 1. The van der Waals surface area contributed by atoms with E-state index in [0.29, 0.717) is 5.56 Å². The van der Waals surface area contributed by atoms with Crippen LogP contribution in [-0.2, 0) is 25.4 Å². The first kappa shape index (κ1) is 21.7. The van der Waals surface area contributed by atoms with Crippen LogP contribution in [0.3, 0.4) is 0 Å². The molecular weight excluding hydrogens is 422 g/mol. The van der Waals surface area contributed by atoms with Crippen molar-refractivity contribution in [3.8, 4) is 0 Å². The quantitative estimate of drug-likeness (QED) is 0.577. The topological polar surface area (TPSA) is 97.4 Å². The SMILES string of the molecule is O=C(NCCS(=O)(=O)c1ccccc1)c1cccc(CS(=O)(=O)c2ccccc2)c1. The molecule has 3 aromatic rings. The third kappa shape index (κ3) is 5.55. The molecule has 0 saturated heterocycles. The van der Waals surface area contributed by atoms with Gasteiger partial charge < -0.3 is 5.32 Å². The summed E-state index contributed by atoms with van der Waals surface area (Å²) < 4.78 is 49.6. The zero-order valence-corrected chi connectivity index (χ0v) is 17.7. The van der Waals surface area contributed by atoms with Gasteiger partial charge in [-0.1, -0.05) is 48.5 Å². The minimum atomic E-state index is -3.53. The molecule has 30 heavy (non-hydrogen) atoms. The number of rotatable bonds is 8. The first-order chi connectivity index (χ1) is 14.3. The summed E-state index contributed by atoms with van der Waals surface area (Å²) >= 11 is 0. The van der Waals surface area contributed by atoms with Crippen LogP contribution < -0.4 is 5.32 Å². The van der Waals surface area contributed by atoms with E-state index in [0.717, 1.165) is 0 Å². The highest BCUT2D eigenvalue weighted by Crippen LogP contribution is 2.17. The van der Waals surface area contributed by atoms with Gasteiger partial charge in [-0.15, -0.1) is 0 Å². The fourth-order valence-corrected chi connectivity index (χ4v) is 5.41. The van der Waals surface area contributed by atoms with E-state index < -0.39 is 25.6 Å². The standard InChI is InChI=1S/C22H21NO5S2/c24-22(23-14-15-29(25,26)20-10-3-1-4-11-20)19-9-7-8-18(16-19)17-30(27,28)21-12-5-2-6-13-21/h1-13,16H,14-15,17H2,(H,23,24). The Hall–Kier alpha value is -2.97. The molecule has 6 nitrogen and oxygen atoms in total. The van der Waals surface area contributed by atoms with E-state index in [-0.39, 0.29) is 33.4 Å². The third-order valence-electron chi connectivity index (χ3n) is 4.41. The third-order valence-corrected chi connectivity index (χ3v) is 7.84. The summed E-state index contributed by atoms with van der Waals surface area (Å²) in [5, 5.41) is 2.58. The minimum absolute atomic E-state index is 0.0530. The average molecular weight is 444 g/mol. The summed E-state index contributed by atoms with van der Waals surface area (Å²) in [6.45, 7) is -0.0530. The second kappa shape index (κ2) is 9.23. The molecule has 0 heterocycles. The fourth-order valence-electron chi connectivity index (χ4n) is 2.88. The van der Waals surface area contributed by atoms with Crippen LogP contribution in [0.15, 0.2) is 94.7 Å². The lowest BCUT2D eigenvalue weighted by atomic mass is 10.1. The number of hydrogen-bond donors (Lipinski definition) is 1. The average Bonchev–Trinajstić information content (AvgIpc) is 2.75. The molecule has 0 aliphatic heterocycles. The van der Waals surface area contributed by atoms with Crippen LogP contribution in [0.2, 0.25) is 0 Å². The predicted molar refractivity (Wildman–Crippen MR) is 115 cm³/mol. The Bertz CT molecular complexity index is 1220. The molecule has 0 bridgehead atoms. The highest BCUT2D eigenvalue weighted by molar-refractivity contribution is 7.91. The van der Waals surface area contributed by atoms with Crippen molar-refractivity contribution < 1.29 is 21.6 Å². The molecule has 0 aliphatic rings. The molecule has 0 unspecified atom stereocenters. The Morgan fingerprint density at radius 3 is 1.87 bits per heavy atom. The van der Waals surface area contributed by atoms with E-state index in [1.165, 1.54) is 30.3 Å². The van der Waals surface area contributed by atoms with E-state index in [4.69, 9.17) is 0 Å². The zero-order valence-electron chi connectivity index (χ0n) is 16.1. The second-order valence-corrected chi connectivity index (χ2v) is 10.8. The number of hydrogen-bond acceptors (Lipinski definition) is 5. The molecule has 0 aromatic heterocycles. The van der Waals surface area contributed by atoms with Crippen molar-refractivity contribution in [2.24, 2.45) is 0 Å². The Labute approximate surface area is 176 Å². The number of amides is 1. The van der Waals surface area contributed by atoms with Gasteiger partial charge in [-0.25, -0.2) is 16.8 Å². The van der Waals surface area contributed by atoms with Crippen LogP contribution in [-0.4, -0.2) is 35.0 Å². The molecule has 0 saturated carbocycles. The van der Waals surface area contributed by atoms with Crippen LogP contribution in [0, 0.1) is 0 Å². The van der Waals surface area contributed by atoms with Crippen LogP contribution in [0.25, 0.3) is 0 Å². The van der Waals surface area contributed by atoms with Gasteiger partial charge in [0.1, 0.15) is 0 Å². The molecular formula is C22H21NO5S2. The monoisotopic (exact) mass is 443 g/mol. The molecule has 0 spiro atoms. The van der Waals surface area contributed by atoms with E-state index in [9.17, 15) is 21.6 Å². The number of carbonyl (C=O) groups is 1. The minimum Gasteiger partial charge on any atom is -0.351 e. The Balaban J connectivity index is 1.64. The zero-order chi connectivity index (χ0) is 21.6. The van der Waals surface area contributed by atoms with Crippen LogP contribution >= 0.6 is 0 Å². The highest BCUT2D eigenvalue weighted by Gasteiger charge is 2.17. The molecule has 156 valence electrons. The Morgan fingerprint density at radius 1 is 0.700 bits per heavy atom. The summed E-state index contributed by atoms with van der Waals surface area (Å²) in [7, 11) is -7.03. The van der Waals surface area contributed by atoms with Crippen LogP contribution in [0.1, 0.15) is 15.9 Å². The largest absolute Gasteiger partial charge is 0.351 e. The van der Waals surface area contributed by atoms with Crippen molar-refractivity contribution in [1.82, 2.24) is 5.32 Å². The second-order valence-electron chi connectivity index (χ2n) is 6.66. The molecule has 3 aromatic carbocycles. The van der Waals surface area contributed by atoms with Gasteiger partial charge in [-0.05, 0) is 42.0 Å². The van der Waals surface area contributed by atoms with Crippen LogP contribution in [0.5, 0.6) is 0 Å². The van der Waals surface area contributed by atoms with E-state index >= 15 is 0 Å². The first-order valence-corrected chi connectivity index (χ1v) is 12.5. The summed E-state index contributed by atoms with van der Waals surface area (Å²) in [5.41, 5.74) is 0.747. The number of nitrogens with one attached hydrogen (secondary N) is 1. The van der Waals surface area contributed by atoms with Crippen molar-refractivity contribution in [2.45, 2.75) is 15.5 Å². The van der Waals surface area contributed by atoms with Crippen molar-refractivity contribution in [3.63, 3.8) is 0 Å². The molecule has 0 fully saturated rings. The van der Waals surface area contributed by atoms with Crippen molar-refractivity contribution >= 4 is 25.6 Å². The van der Waals surface area contributed by atoms with Gasteiger partial charge in [0.25, 0.3) is 5.91 Å². The van der Waals surface area contributed by atoms with Gasteiger partial charge in [0.2, 0.25) is 0 Å². The molecule has 0 aliphatic carbocycles. The summed E-state index contributed by atoms with van der Waals surface area (Å²) in [5.74, 6) is -0.928. The van der Waals surface area contributed by atoms with Gasteiger partial charge in [0, 0.05) is 12.1 Å². The fraction of sp³-hybridized carbons (Fsp3) is 0.136. The van der Waals surface area contributed by atoms with Gasteiger partial charge in [0.15, 0.2) is 19.7 Å². The van der Waals surface area contributed by atoms with Crippen molar-refractivity contribution in [1.29, 1.82) is 0 Å². The Morgan fingerprint density at radius 2 is 1.27 bits per heavy atom. The summed E-state index contributed by atoms with van der Waals surface area (Å²) in [6, 6.07) is 22.4. The van der Waals surface area contributed by atoms with E-state index in [2.05, 4.69) is 5.32 Å². The lowest BCUT2D eigenvalue weighted by molar-refractivity contribution is 0.0956. The Kier molecular flexibility index (Phi) is 6.69. The number of benzene rings is 3. The van der Waals surface area contributed by atoms with Gasteiger partial charge >= 0.3 is 0 Å². The normalized spacial score (nSPS) is 11.7. The summed E-state index contributed by atoms with van der Waals surface area (Å²) in [4.78, 5) is 12.8. The van der Waals surface area contributed by atoms with Crippen molar-refractivity contribution in [2.75, 3.05) is 12.3 Å². The number of sulfone groups is 2.